The fourth-order valence-electron chi connectivity index (χ4n) is 4.57. The van der Waals surface area contributed by atoms with Crippen molar-refractivity contribution in [2.45, 2.75) is 19.0 Å². The molecule has 154 valence electrons. The third kappa shape index (κ3) is 2.99. The van der Waals surface area contributed by atoms with Gasteiger partial charge >= 0.3 is 6.03 Å². The van der Waals surface area contributed by atoms with Gasteiger partial charge in [-0.25, -0.2) is 13.6 Å². The van der Waals surface area contributed by atoms with Gasteiger partial charge in [0.1, 0.15) is 12.3 Å². The Balaban J connectivity index is 1.33. The van der Waals surface area contributed by atoms with Gasteiger partial charge in [-0.3, -0.25) is 4.79 Å². The largest absolute Gasteiger partial charge is 0.508 e. The van der Waals surface area contributed by atoms with E-state index in [0.29, 0.717) is 6.54 Å². The van der Waals surface area contributed by atoms with Crippen molar-refractivity contribution in [2.24, 2.45) is 5.92 Å². The highest BCUT2D eigenvalue weighted by Gasteiger charge is 2.42. The van der Waals surface area contributed by atoms with Crippen LogP contribution < -0.4 is 5.32 Å². The first-order valence-corrected chi connectivity index (χ1v) is 9.74. The Morgan fingerprint density at radius 3 is 2.67 bits per heavy atom. The summed E-state index contributed by atoms with van der Waals surface area (Å²) in [6.07, 6.45) is 2.97. The van der Waals surface area contributed by atoms with E-state index in [2.05, 4.69) is 11.4 Å². The molecule has 5 rings (SSSR count). The molecular formula is C22H19F2N3O3. The molecule has 30 heavy (non-hydrogen) atoms. The first-order valence-electron chi connectivity index (χ1n) is 9.74. The second-order valence-corrected chi connectivity index (χ2v) is 7.90. The van der Waals surface area contributed by atoms with Gasteiger partial charge in [0.25, 0.3) is 0 Å². The molecule has 2 aromatic carbocycles. The maximum absolute atomic E-state index is 14.1. The fraction of sp³-hybridized carbons (Fsp3) is 0.273. The highest BCUT2D eigenvalue weighted by molar-refractivity contribution is 5.95. The third-order valence-electron chi connectivity index (χ3n) is 6.03. The highest BCUT2D eigenvalue weighted by atomic mass is 19.2. The van der Waals surface area contributed by atoms with Crippen LogP contribution >= 0.6 is 0 Å². The van der Waals surface area contributed by atoms with Gasteiger partial charge in [0.15, 0.2) is 11.6 Å². The first kappa shape index (κ1) is 18.6. The van der Waals surface area contributed by atoms with Crippen LogP contribution in [0.2, 0.25) is 0 Å². The maximum Gasteiger partial charge on any atom is 0.322 e. The van der Waals surface area contributed by atoms with Crippen LogP contribution in [-0.2, 0) is 11.3 Å². The summed E-state index contributed by atoms with van der Waals surface area (Å²) in [5.41, 5.74) is 2.23. The predicted octanol–water partition coefficient (Wildman–Crippen LogP) is 3.33. The Labute approximate surface area is 171 Å². The van der Waals surface area contributed by atoms with Gasteiger partial charge in [0, 0.05) is 12.1 Å². The number of amides is 3. The average molecular weight is 411 g/mol. The molecule has 1 fully saturated rings. The molecule has 2 aliphatic heterocycles. The SMILES string of the molecule is O=C1Nc2ccc(F)c(F)c2CN1CC(=O)N1C[C@H]2C=C(c3ccc(O)cc3)[C@@H]1C2. The van der Waals surface area contributed by atoms with Crippen molar-refractivity contribution in [3.8, 4) is 5.75 Å². The van der Waals surface area contributed by atoms with Gasteiger partial charge in [0.05, 0.1) is 18.3 Å². The topological polar surface area (TPSA) is 72.9 Å². The monoisotopic (exact) mass is 411 g/mol. The Morgan fingerprint density at radius 2 is 1.93 bits per heavy atom. The molecule has 2 heterocycles. The molecule has 3 aliphatic rings. The molecule has 2 aromatic rings. The number of hydrogen-bond donors (Lipinski definition) is 2. The summed E-state index contributed by atoms with van der Waals surface area (Å²) in [7, 11) is 0. The average Bonchev–Trinajstić information content (AvgIpc) is 3.34. The van der Waals surface area contributed by atoms with Crippen LogP contribution in [0.3, 0.4) is 0 Å². The number of nitrogens with zero attached hydrogens (tertiary/aromatic N) is 2. The summed E-state index contributed by atoms with van der Waals surface area (Å²) in [5, 5.41) is 12.0. The van der Waals surface area contributed by atoms with Crippen LogP contribution in [0.15, 0.2) is 42.5 Å². The fourth-order valence-corrected chi connectivity index (χ4v) is 4.57. The minimum Gasteiger partial charge on any atom is -0.508 e. The van der Waals surface area contributed by atoms with Crippen LogP contribution in [0.25, 0.3) is 5.57 Å². The van der Waals surface area contributed by atoms with Crippen molar-refractivity contribution >= 4 is 23.2 Å². The van der Waals surface area contributed by atoms with E-state index in [1.165, 1.54) is 11.0 Å². The molecule has 0 spiro atoms. The predicted molar refractivity (Wildman–Crippen MR) is 105 cm³/mol. The molecule has 1 saturated heterocycles. The van der Waals surface area contributed by atoms with Crippen molar-refractivity contribution in [1.82, 2.24) is 9.80 Å². The summed E-state index contributed by atoms with van der Waals surface area (Å²) in [4.78, 5) is 28.3. The van der Waals surface area contributed by atoms with E-state index < -0.39 is 17.7 Å². The molecule has 2 N–H and O–H groups in total. The van der Waals surface area contributed by atoms with E-state index in [1.807, 2.05) is 12.1 Å². The lowest BCUT2D eigenvalue weighted by Gasteiger charge is -2.33. The van der Waals surface area contributed by atoms with Crippen molar-refractivity contribution in [3.63, 3.8) is 0 Å². The van der Waals surface area contributed by atoms with E-state index >= 15 is 0 Å². The molecule has 6 nitrogen and oxygen atoms in total. The van der Waals surface area contributed by atoms with Crippen molar-refractivity contribution in [2.75, 3.05) is 18.4 Å². The molecule has 8 heteroatoms. The van der Waals surface area contributed by atoms with Crippen LogP contribution in [-0.4, -0.2) is 46.0 Å². The minimum atomic E-state index is -1.01. The number of fused-ring (bicyclic) bond motifs is 3. The number of urea groups is 1. The second-order valence-electron chi connectivity index (χ2n) is 7.90. The summed E-state index contributed by atoms with van der Waals surface area (Å²) in [5.74, 6) is -1.82. The van der Waals surface area contributed by atoms with Crippen molar-refractivity contribution < 1.29 is 23.5 Å². The van der Waals surface area contributed by atoms with Crippen LogP contribution in [0.5, 0.6) is 5.75 Å². The summed E-state index contributed by atoms with van der Waals surface area (Å²) in [6.45, 7) is 0.187. The van der Waals surface area contributed by atoms with E-state index in [0.717, 1.165) is 23.6 Å². The number of anilines is 1. The standard InChI is InChI=1S/C22H19F2N3O3/c23-17-5-6-18-16(21(17)24)10-26(22(30)25-18)11-20(29)27-9-12-7-15(19(27)8-12)13-1-3-14(28)4-2-13/h1-7,12,19,28H,8-11H2,(H,25,30)/t12-,19-/m0/s1. The van der Waals surface area contributed by atoms with E-state index in [-0.39, 0.29) is 48.0 Å². The lowest BCUT2D eigenvalue weighted by atomic mass is 10.00. The van der Waals surface area contributed by atoms with Gasteiger partial charge in [-0.15, -0.1) is 0 Å². The van der Waals surface area contributed by atoms with Crippen molar-refractivity contribution in [1.29, 1.82) is 0 Å². The summed E-state index contributed by atoms with van der Waals surface area (Å²) in [6, 6.07) is 8.52. The quantitative estimate of drug-likeness (QED) is 0.814. The molecule has 0 aromatic heterocycles. The van der Waals surface area contributed by atoms with Gasteiger partial charge in [-0.2, -0.15) is 0 Å². The van der Waals surface area contributed by atoms with E-state index in [4.69, 9.17) is 0 Å². The first-order chi connectivity index (χ1) is 14.4. The van der Waals surface area contributed by atoms with Crippen LogP contribution in [0, 0.1) is 17.6 Å². The second kappa shape index (κ2) is 6.83. The Bertz CT molecular complexity index is 1080. The van der Waals surface area contributed by atoms with Gasteiger partial charge in [-0.05, 0) is 47.7 Å². The zero-order chi connectivity index (χ0) is 21.0. The van der Waals surface area contributed by atoms with Gasteiger partial charge in [0.2, 0.25) is 5.91 Å². The number of nitrogens with one attached hydrogen (secondary N) is 1. The number of carbonyl (C=O) groups is 2. The number of likely N-dealkylation sites (tertiary alicyclic amines) is 1. The lowest BCUT2D eigenvalue weighted by molar-refractivity contribution is -0.132. The smallest absolute Gasteiger partial charge is 0.322 e. The molecule has 1 aliphatic carbocycles. The molecule has 0 unspecified atom stereocenters. The lowest BCUT2D eigenvalue weighted by Crippen LogP contribution is -2.48. The number of carbonyl (C=O) groups excluding carboxylic acids is 2. The molecule has 0 radical (unpaired) electrons. The zero-order valence-corrected chi connectivity index (χ0v) is 15.9. The van der Waals surface area contributed by atoms with E-state index in [9.17, 15) is 23.5 Å². The molecule has 0 saturated carbocycles. The van der Waals surface area contributed by atoms with Gasteiger partial charge in [-0.1, -0.05) is 18.2 Å². The number of phenolic OH excluding ortho intramolecular Hbond substituents is 1. The number of phenols is 1. The number of benzene rings is 2. The van der Waals surface area contributed by atoms with E-state index in [1.54, 1.807) is 17.0 Å². The summed E-state index contributed by atoms with van der Waals surface area (Å²) >= 11 is 0. The Kier molecular flexibility index (Phi) is 4.23. The highest BCUT2D eigenvalue weighted by Crippen LogP contribution is 2.42. The molecule has 2 bridgehead atoms. The normalized spacial score (nSPS) is 22.1. The van der Waals surface area contributed by atoms with Crippen molar-refractivity contribution in [3.05, 3.63) is 65.2 Å². The number of hydrogen-bond acceptors (Lipinski definition) is 3. The third-order valence-corrected chi connectivity index (χ3v) is 6.03. The summed E-state index contributed by atoms with van der Waals surface area (Å²) < 4.78 is 27.7. The number of halogens is 2. The van der Waals surface area contributed by atoms with Gasteiger partial charge < -0.3 is 20.2 Å². The Morgan fingerprint density at radius 1 is 1.17 bits per heavy atom. The number of rotatable bonds is 3. The number of aromatic hydroxyl groups is 1. The maximum atomic E-state index is 14.1. The molecular weight excluding hydrogens is 392 g/mol. The Hall–Kier alpha value is -3.42. The molecule has 2 atom stereocenters. The zero-order valence-electron chi connectivity index (χ0n) is 15.9. The minimum absolute atomic E-state index is 0.0371. The molecule has 3 amide bonds. The van der Waals surface area contributed by atoms with Crippen LogP contribution in [0.4, 0.5) is 19.3 Å². The van der Waals surface area contributed by atoms with Crippen LogP contribution in [0.1, 0.15) is 17.5 Å².